The lowest BCUT2D eigenvalue weighted by molar-refractivity contribution is 0.0962. The fourth-order valence-corrected chi connectivity index (χ4v) is 3.02. The molecule has 1 aromatic carbocycles. The van der Waals surface area contributed by atoms with Crippen LogP contribution in [0, 0.1) is 6.92 Å². The molecule has 0 N–H and O–H groups in total. The van der Waals surface area contributed by atoms with Crippen molar-refractivity contribution in [3.8, 4) is 0 Å². The van der Waals surface area contributed by atoms with E-state index in [0.717, 1.165) is 44.1 Å². The average Bonchev–Trinajstić information content (AvgIpc) is 2.61. The highest BCUT2D eigenvalue weighted by atomic mass is 16.1. The molecule has 2 aromatic rings. The van der Waals surface area contributed by atoms with Gasteiger partial charge in [-0.25, -0.2) is 4.98 Å². The molecule has 0 radical (unpaired) electrons. The van der Waals surface area contributed by atoms with Gasteiger partial charge in [0.15, 0.2) is 5.78 Å². The third-order valence-electron chi connectivity index (χ3n) is 4.40. The largest absolute Gasteiger partial charge is 0.354 e. The lowest BCUT2D eigenvalue weighted by atomic mass is 10.1. The lowest BCUT2D eigenvalue weighted by Gasteiger charge is -2.35. The van der Waals surface area contributed by atoms with Gasteiger partial charge < -0.3 is 4.90 Å². The highest BCUT2D eigenvalue weighted by molar-refractivity contribution is 5.96. The molecule has 2 heterocycles. The standard InChI is InChI=1S/C19H23N3O/c1-16-6-5-10-20-19(16)22-14-12-21(13-15-22)11-9-18(23)17-7-3-2-4-8-17/h2-8,10H,9,11-15H2,1H3. The van der Waals surface area contributed by atoms with Gasteiger partial charge in [-0.2, -0.15) is 0 Å². The molecule has 0 atom stereocenters. The number of Topliss-reactive ketones (excluding diaryl/α,β-unsaturated/α-hetero) is 1. The number of anilines is 1. The van der Waals surface area contributed by atoms with Crippen LogP contribution in [0.5, 0.6) is 0 Å². The number of rotatable bonds is 5. The van der Waals surface area contributed by atoms with Gasteiger partial charge in [-0.1, -0.05) is 36.4 Å². The van der Waals surface area contributed by atoms with Crippen LogP contribution < -0.4 is 4.90 Å². The van der Waals surface area contributed by atoms with E-state index in [0.29, 0.717) is 6.42 Å². The van der Waals surface area contributed by atoms with Crippen LogP contribution in [0.1, 0.15) is 22.3 Å². The maximum absolute atomic E-state index is 12.2. The van der Waals surface area contributed by atoms with Crippen molar-refractivity contribution in [2.24, 2.45) is 0 Å². The molecule has 1 aliphatic rings. The second-order valence-electron chi connectivity index (χ2n) is 6.01. The van der Waals surface area contributed by atoms with Crippen LogP contribution in [0.15, 0.2) is 48.7 Å². The van der Waals surface area contributed by atoms with Gasteiger partial charge in [0.2, 0.25) is 0 Å². The smallest absolute Gasteiger partial charge is 0.164 e. The van der Waals surface area contributed by atoms with Crippen molar-refractivity contribution in [1.29, 1.82) is 0 Å². The summed E-state index contributed by atoms with van der Waals surface area (Å²) in [6.07, 6.45) is 2.44. The summed E-state index contributed by atoms with van der Waals surface area (Å²) >= 11 is 0. The second-order valence-corrected chi connectivity index (χ2v) is 6.01. The average molecular weight is 309 g/mol. The molecular weight excluding hydrogens is 286 g/mol. The Hall–Kier alpha value is -2.20. The molecule has 1 aromatic heterocycles. The zero-order valence-corrected chi connectivity index (χ0v) is 13.6. The summed E-state index contributed by atoms with van der Waals surface area (Å²) in [5.41, 5.74) is 2.04. The molecule has 0 saturated carbocycles. The van der Waals surface area contributed by atoms with Crippen LogP contribution in [0.3, 0.4) is 0 Å². The summed E-state index contributed by atoms with van der Waals surface area (Å²) in [6.45, 7) is 6.85. The van der Waals surface area contributed by atoms with Crippen molar-refractivity contribution in [1.82, 2.24) is 9.88 Å². The van der Waals surface area contributed by atoms with Crippen LogP contribution >= 0.6 is 0 Å². The molecule has 1 saturated heterocycles. The number of carbonyl (C=O) groups is 1. The van der Waals surface area contributed by atoms with Gasteiger partial charge in [0.1, 0.15) is 5.82 Å². The molecule has 1 aliphatic heterocycles. The number of carbonyl (C=O) groups excluding carboxylic acids is 1. The van der Waals surface area contributed by atoms with Gasteiger partial charge in [0.25, 0.3) is 0 Å². The SMILES string of the molecule is Cc1cccnc1N1CCN(CCC(=O)c2ccccc2)CC1. The molecule has 4 heteroatoms. The Balaban J connectivity index is 1.48. The third kappa shape index (κ3) is 3.96. The monoisotopic (exact) mass is 309 g/mol. The van der Waals surface area contributed by atoms with E-state index in [-0.39, 0.29) is 5.78 Å². The quantitative estimate of drug-likeness (QED) is 0.796. The minimum atomic E-state index is 0.230. The minimum Gasteiger partial charge on any atom is -0.354 e. The fraction of sp³-hybridized carbons (Fsp3) is 0.368. The van der Waals surface area contributed by atoms with Crippen molar-refractivity contribution in [2.45, 2.75) is 13.3 Å². The maximum atomic E-state index is 12.2. The topological polar surface area (TPSA) is 36.4 Å². The first-order valence-electron chi connectivity index (χ1n) is 8.21. The molecular formula is C19H23N3O. The Morgan fingerprint density at radius 2 is 1.78 bits per heavy atom. The fourth-order valence-electron chi connectivity index (χ4n) is 3.02. The van der Waals surface area contributed by atoms with Gasteiger partial charge >= 0.3 is 0 Å². The van der Waals surface area contributed by atoms with E-state index in [2.05, 4.69) is 27.8 Å². The van der Waals surface area contributed by atoms with Crippen LogP contribution in [0.25, 0.3) is 0 Å². The summed E-state index contributed by atoms with van der Waals surface area (Å²) in [5.74, 6) is 1.32. The number of hydrogen-bond donors (Lipinski definition) is 0. The molecule has 0 aliphatic carbocycles. The Labute approximate surface area is 137 Å². The Kier molecular flexibility index (Phi) is 5.03. The van der Waals surface area contributed by atoms with Gasteiger partial charge in [0, 0.05) is 50.9 Å². The van der Waals surface area contributed by atoms with Crippen LogP contribution in [-0.4, -0.2) is 48.4 Å². The number of piperazine rings is 1. The summed E-state index contributed by atoms with van der Waals surface area (Å²) in [7, 11) is 0. The van der Waals surface area contributed by atoms with Crippen molar-refractivity contribution in [3.63, 3.8) is 0 Å². The number of ketones is 1. The second kappa shape index (κ2) is 7.38. The van der Waals surface area contributed by atoms with E-state index in [1.165, 1.54) is 5.56 Å². The minimum absolute atomic E-state index is 0.230. The number of hydrogen-bond acceptors (Lipinski definition) is 4. The van der Waals surface area contributed by atoms with Crippen LogP contribution in [-0.2, 0) is 0 Å². The number of aromatic nitrogens is 1. The normalized spacial score (nSPS) is 15.6. The number of nitrogens with zero attached hydrogens (tertiary/aromatic N) is 3. The van der Waals surface area contributed by atoms with E-state index in [4.69, 9.17) is 0 Å². The number of aryl methyl sites for hydroxylation is 1. The van der Waals surface area contributed by atoms with E-state index >= 15 is 0 Å². The first-order valence-corrected chi connectivity index (χ1v) is 8.21. The Bertz CT molecular complexity index is 649. The molecule has 4 nitrogen and oxygen atoms in total. The highest BCUT2D eigenvalue weighted by Crippen LogP contribution is 2.17. The van der Waals surface area contributed by atoms with Crippen LogP contribution in [0.4, 0.5) is 5.82 Å². The zero-order chi connectivity index (χ0) is 16.1. The number of benzene rings is 1. The predicted octanol–water partition coefficient (Wildman–Crippen LogP) is 2.79. The summed E-state index contributed by atoms with van der Waals surface area (Å²) in [5, 5.41) is 0. The van der Waals surface area contributed by atoms with Gasteiger partial charge in [-0.15, -0.1) is 0 Å². The van der Waals surface area contributed by atoms with E-state index < -0.39 is 0 Å². The van der Waals surface area contributed by atoms with Gasteiger partial charge in [0.05, 0.1) is 0 Å². The zero-order valence-electron chi connectivity index (χ0n) is 13.6. The lowest BCUT2D eigenvalue weighted by Crippen LogP contribution is -2.47. The summed E-state index contributed by atoms with van der Waals surface area (Å²) in [4.78, 5) is 21.4. The molecule has 0 unspecified atom stereocenters. The number of pyridine rings is 1. The third-order valence-corrected chi connectivity index (χ3v) is 4.40. The summed E-state index contributed by atoms with van der Waals surface area (Å²) < 4.78 is 0. The molecule has 0 bridgehead atoms. The van der Waals surface area contributed by atoms with E-state index in [9.17, 15) is 4.79 Å². The molecule has 0 spiro atoms. The molecule has 120 valence electrons. The first kappa shape index (κ1) is 15.7. The van der Waals surface area contributed by atoms with Gasteiger partial charge in [-0.05, 0) is 18.6 Å². The molecule has 1 fully saturated rings. The van der Waals surface area contributed by atoms with E-state index in [1.807, 2.05) is 42.6 Å². The highest BCUT2D eigenvalue weighted by Gasteiger charge is 2.19. The molecule has 23 heavy (non-hydrogen) atoms. The molecule has 3 rings (SSSR count). The van der Waals surface area contributed by atoms with Gasteiger partial charge in [-0.3, -0.25) is 9.69 Å². The predicted molar refractivity (Wildman–Crippen MR) is 93.0 cm³/mol. The Morgan fingerprint density at radius 1 is 1.04 bits per heavy atom. The first-order chi connectivity index (χ1) is 11.2. The van der Waals surface area contributed by atoms with Crippen molar-refractivity contribution < 1.29 is 4.79 Å². The summed E-state index contributed by atoms with van der Waals surface area (Å²) in [6, 6.07) is 13.6. The van der Waals surface area contributed by atoms with Crippen molar-refractivity contribution in [3.05, 3.63) is 59.8 Å². The van der Waals surface area contributed by atoms with Crippen molar-refractivity contribution >= 4 is 11.6 Å². The maximum Gasteiger partial charge on any atom is 0.164 e. The van der Waals surface area contributed by atoms with E-state index in [1.54, 1.807) is 0 Å². The Morgan fingerprint density at radius 3 is 2.48 bits per heavy atom. The molecule has 0 amide bonds. The van der Waals surface area contributed by atoms with Crippen LogP contribution in [0.2, 0.25) is 0 Å². The van der Waals surface area contributed by atoms with Crippen molar-refractivity contribution in [2.75, 3.05) is 37.6 Å².